The van der Waals surface area contributed by atoms with Crippen LogP contribution in [0.3, 0.4) is 0 Å². The number of benzene rings is 3. The summed E-state index contributed by atoms with van der Waals surface area (Å²) < 4.78 is 6.45. The smallest absolute Gasteiger partial charge is 0.163 e. The maximum absolute atomic E-state index is 6.45. The molecule has 0 N–H and O–H groups in total. The first-order valence-corrected chi connectivity index (χ1v) is 12.7. The molecule has 0 spiro atoms. The summed E-state index contributed by atoms with van der Waals surface area (Å²) in [5.74, 6) is 0.619. The van der Waals surface area contributed by atoms with Crippen molar-refractivity contribution in [3.05, 3.63) is 116 Å². The highest BCUT2D eigenvalue weighted by molar-refractivity contribution is 6.10. The second-order valence-corrected chi connectivity index (χ2v) is 9.41. The zero-order valence-electron chi connectivity index (χ0n) is 20.6. The lowest BCUT2D eigenvalue weighted by molar-refractivity contribution is 0.669. The van der Waals surface area contributed by atoms with E-state index in [0.29, 0.717) is 11.4 Å². The molecule has 8 aromatic rings. The standard InChI is InChI=1S/C33H19N5O/c1-2-6-23-22(5-1)18-35-19-27(23)33-37-28-8-4-3-7-24(28)30(38-33)25-13-16-36-31-26-17-21(20-11-14-34-15-12-20)9-10-29(26)39-32(25)31/h1-19H. The Kier molecular flexibility index (Phi) is 4.72. The van der Waals surface area contributed by atoms with E-state index in [1.807, 2.05) is 79.3 Å². The van der Waals surface area contributed by atoms with Crippen LogP contribution in [-0.4, -0.2) is 24.9 Å². The minimum absolute atomic E-state index is 0.619. The van der Waals surface area contributed by atoms with Crippen LogP contribution in [0.15, 0.2) is 120 Å². The maximum Gasteiger partial charge on any atom is 0.163 e. The number of fused-ring (bicyclic) bond motifs is 5. The first-order valence-electron chi connectivity index (χ1n) is 12.7. The van der Waals surface area contributed by atoms with Crippen LogP contribution in [0.2, 0.25) is 0 Å². The Morgan fingerprint density at radius 1 is 0.590 bits per heavy atom. The lowest BCUT2D eigenvalue weighted by Crippen LogP contribution is -1.96. The molecule has 0 aliphatic heterocycles. The Bertz CT molecular complexity index is 2180. The van der Waals surface area contributed by atoms with Crippen molar-refractivity contribution in [2.75, 3.05) is 0 Å². The van der Waals surface area contributed by atoms with Crippen molar-refractivity contribution in [1.29, 1.82) is 0 Å². The Morgan fingerprint density at radius 2 is 1.44 bits per heavy atom. The third-order valence-corrected chi connectivity index (χ3v) is 7.13. The summed E-state index contributed by atoms with van der Waals surface area (Å²) >= 11 is 0. The van der Waals surface area contributed by atoms with Crippen molar-refractivity contribution in [2.24, 2.45) is 0 Å². The highest BCUT2D eigenvalue weighted by Gasteiger charge is 2.19. The van der Waals surface area contributed by atoms with Gasteiger partial charge in [0, 0.05) is 58.3 Å². The lowest BCUT2D eigenvalue weighted by Gasteiger charge is -2.11. The molecule has 0 bridgehead atoms. The normalized spacial score (nSPS) is 11.6. The van der Waals surface area contributed by atoms with E-state index in [0.717, 1.165) is 66.1 Å². The summed E-state index contributed by atoms with van der Waals surface area (Å²) in [6.07, 6.45) is 9.11. The quantitative estimate of drug-likeness (QED) is 0.245. The van der Waals surface area contributed by atoms with Crippen LogP contribution in [0.4, 0.5) is 0 Å². The number of para-hydroxylation sites is 1. The maximum atomic E-state index is 6.45. The predicted molar refractivity (Wildman–Crippen MR) is 154 cm³/mol. The number of aromatic nitrogens is 5. The summed E-state index contributed by atoms with van der Waals surface area (Å²) in [6, 6.07) is 28.4. The first-order chi connectivity index (χ1) is 19.3. The van der Waals surface area contributed by atoms with Gasteiger partial charge in [0.25, 0.3) is 0 Å². The molecule has 5 aromatic heterocycles. The minimum Gasteiger partial charge on any atom is -0.454 e. The average molecular weight is 502 g/mol. The van der Waals surface area contributed by atoms with Gasteiger partial charge < -0.3 is 4.42 Å². The fourth-order valence-corrected chi connectivity index (χ4v) is 5.26. The van der Waals surface area contributed by atoms with Crippen molar-refractivity contribution >= 4 is 43.7 Å². The van der Waals surface area contributed by atoms with Crippen molar-refractivity contribution in [1.82, 2.24) is 24.9 Å². The largest absolute Gasteiger partial charge is 0.454 e. The Hall–Kier alpha value is -5.49. The van der Waals surface area contributed by atoms with Gasteiger partial charge >= 0.3 is 0 Å². The number of furan rings is 1. The molecule has 0 saturated carbocycles. The van der Waals surface area contributed by atoms with Crippen LogP contribution in [0, 0.1) is 0 Å². The van der Waals surface area contributed by atoms with Crippen molar-refractivity contribution < 1.29 is 4.42 Å². The molecule has 8 rings (SSSR count). The summed E-state index contributed by atoms with van der Waals surface area (Å²) in [5, 5.41) is 4.00. The fourth-order valence-electron chi connectivity index (χ4n) is 5.26. The molecule has 0 radical (unpaired) electrons. The molecule has 0 aliphatic carbocycles. The van der Waals surface area contributed by atoms with Crippen molar-refractivity contribution in [3.63, 3.8) is 0 Å². The van der Waals surface area contributed by atoms with Crippen LogP contribution in [-0.2, 0) is 0 Å². The molecule has 6 nitrogen and oxygen atoms in total. The van der Waals surface area contributed by atoms with Crippen LogP contribution < -0.4 is 0 Å². The highest BCUT2D eigenvalue weighted by atomic mass is 16.3. The number of nitrogens with zero attached hydrogens (tertiary/aromatic N) is 5. The topological polar surface area (TPSA) is 77.6 Å². The SMILES string of the molecule is c1ccc2c(-c3nc(-c4ccnc5c4oc4ccc(-c6ccncc6)cc45)c4ccccc4n3)cncc2c1. The van der Waals surface area contributed by atoms with Gasteiger partial charge in [0.2, 0.25) is 0 Å². The van der Waals surface area contributed by atoms with Crippen LogP contribution in [0.5, 0.6) is 0 Å². The van der Waals surface area contributed by atoms with Gasteiger partial charge in [-0.1, -0.05) is 48.5 Å². The van der Waals surface area contributed by atoms with E-state index in [1.165, 1.54) is 0 Å². The summed E-state index contributed by atoms with van der Waals surface area (Å²) in [7, 11) is 0. The Labute approximate surface area is 222 Å². The van der Waals surface area contributed by atoms with E-state index in [2.05, 4.69) is 34.2 Å². The third-order valence-electron chi connectivity index (χ3n) is 7.13. The summed E-state index contributed by atoms with van der Waals surface area (Å²) in [4.78, 5) is 23.4. The first kappa shape index (κ1) is 21.6. The number of hydrogen-bond acceptors (Lipinski definition) is 6. The Balaban J connectivity index is 1.39. The monoisotopic (exact) mass is 501 g/mol. The van der Waals surface area contributed by atoms with E-state index in [-0.39, 0.29) is 0 Å². The molecular formula is C33H19N5O. The zero-order valence-corrected chi connectivity index (χ0v) is 20.6. The van der Waals surface area contributed by atoms with E-state index in [4.69, 9.17) is 19.4 Å². The lowest BCUT2D eigenvalue weighted by atomic mass is 10.0. The Morgan fingerprint density at radius 3 is 2.36 bits per heavy atom. The van der Waals surface area contributed by atoms with Gasteiger partial charge in [0.15, 0.2) is 11.4 Å². The van der Waals surface area contributed by atoms with Gasteiger partial charge in [-0.25, -0.2) is 9.97 Å². The van der Waals surface area contributed by atoms with E-state index in [1.54, 1.807) is 12.4 Å². The molecule has 5 heterocycles. The molecule has 3 aromatic carbocycles. The minimum atomic E-state index is 0.619. The average Bonchev–Trinajstić information content (AvgIpc) is 3.39. The zero-order chi connectivity index (χ0) is 25.8. The van der Waals surface area contributed by atoms with E-state index in [9.17, 15) is 0 Å². The summed E-state index contributed by atoms with van der Waals surface area (Å²) in [5.41, 5.74) is 7.85. The molecule has 0 unspecified atom stereocenters. The fraction of sp³-hybridized carbons (Fsp3) is 0. The van der Waals surface area contributed by atoms with Gasteiger partial charge in [-0.05, 0) is 52.9 Å². The van der Waals surface area contributed by atoms with Gasteiger partial charge in [0.1, 0.15) is 11.1 Å². The third kappa shape index (κ3) is 3.46. The van der Waals surface area contributed by atoms with Crippen LogP contribution >= 0.6 is 0 Å². The second-order valence-electron chi connectivity index (χ2n) is 9.41. The number of hydrogen-bond donors (Lipinski definition) is 0. The van der Waals surface area contributed by atoms with Gasteiger partial charge in [-0.15, -0.1) is 0 Å². The molecule has 0 aliphatic rings. The van der Waals surface area contributed by atoms with Gasteiger partial charge in [-0.2, -0.15) is 0 Å². The predicted octanol–water partition coefficient (Wildman–Crippen LogP) is 7.87. The molecule has 6 heteroatoms. The molecular weight excluding hydrogens is 482 g/mol. The summed E-state index contributed by atoms with van der Waals surface area (Å²) in [6.45, 7) is 0. The number of pyridine rings is 3. The van der Waals surface area contributed by atoms with Gasteiger partial charge in [0.05, 0.1) is 11.2 Å². The van der Waals surface area contributed by atoms with Crippen LogP contribution in [0.25, 0.3) is 77.5 Å². The molecule has 39 heavy (non-hydrogen) atoms. The van der Waals surface area contributed by atoms with E-state index < -0.39 is 0 Å². The molecule has 0 fully saturated rings. The van der Waals surface area contributed by atoms with Gasteiger partial charge in [-0.3, -0.25) is 15.0 Å². The van der Waals surface area contributed by atoms with Crippen molar-refractivity contribution in [3.8, 4) is 33.8 Å². The molecule has 0 amide bonds. The van der Waals surface area contributed by atoms with Crippen LogP contribution in [0.1, 0.15) is 0 Å². The van der Waals surface area contributed by atoms with E-state index >= 15 is 0 Å². The highest BCUT2D eigenvalue weighted by Crippen LogP contribution is 2.38. The molecule has 182 valence electrons. The molecule has 0 atom stereocenters. The molecule has 0 saturated heterocycles. The number of rotatable bonds is 3. The van der Waals surface area contributed by atoms with Crippen molar-refractivity contribution in [2.45, 2.75) is 0 Å². The second kappa shape index (κ2) is 8.53.